The highest BCUT2D eigenvalue weighted by molar-refractivity contribution is 5.93. The van der Waals surface area contributed by atoms with Gasteiger partial charge in [-0.1, -0.05) is 51.1 Å². The first-order chi connectivity index (χ1) is 15.7. The van der Waals surface area contributed by atoms with Crippen molar-refractivity contribution in [2.24, 2.45) is 0 Å². The molecule has 33 heavy (non-hydrogen) atoms. The maximum atomic E-state index is 12.9. The van der Waals surface area contributed by atoms with Crippen molar-refractivity contribution in [3.05, 3.63) is 81.2 Å². The van der Waals surface area contributed by atoms with E-state index < -0.39 is 0 Å². The van der Waals surface area contributed by atoms with Crippen molar-refractivity contribution in [2.45, 2.75) is 39.2 Å². The molecule has 2 aromatic carbocycles. The van der Waals surface area contributed by atoms with Crippen molar-refractivity contribution >= 4 is 16.9 Å². The Kier molecular flexibility index (Phi) is 6.68. The average Bonchev–Trinajstić information content (AvgIpc) is 2.79. The van der Waals surface area contributed by atoms with Gasteiger partial charge in [-0.3, -0.25) is 14.5 Å². The molecular formula is C27H32N2O4. The number of nitrogens with one attached hydrogen (secondary N) is 1. The summed E-state index contributed by atoms with van der Waals surface area (Å²) in [7, 11) is 0. The van der Waals surface area contributed by atoms with Crippen LogP contribution in [-0.2, 0) is 10.2 Å². The summed E-state index contributed by atoms with van der Waals surface area (Å²) >= 11 is 0. The van der Waals surface area contributed by atoms with Gasteiger partial charge in [0.1, 0.15) is 5.58 Å². The minimum Gasteiger partial charge on any atom is -0.451 e. The van der Waals surface area contributed by atoms with E-state index in [1.54, 1.807) is 12.1 Å². The van der Waals surface area contributed by atoms with Crippen LogP contribution in [0.1, 0.15) is 54.1 Å². The monoisotopic (exact) mass is 448 g/mol. The number of carbonyl (C=O) groups excluding carboxylic acids is 1. The van der Waals surface area contributed by atoms with Crippen molar-refractivity contribution in [3.8, 4) is 0 Å². The fourth-order valence-corrected chi connectivity index (χ4v) is 4.20. The van der Waals surface area contributed by atoms with Crippen LogP contribution in [0.15, 0.2) is 57.7 Å². The van der Waals surface area contributed by atoms with Gasteiger partial charge in [-0.25, -0.2) is 0 Å². The highest BCUT2D eigenvalue weighted by Crippen LogP contribution is 2.27. The Hall–Kier alpha value is -2.96. The Morgan fingerprint density at radius 3 is 2.42 bits per heavy atom. The molecule has 174 valence electrons. The second-order valence-corrected chi connectivity index (χ2v) is 9.72. The third-order valence-electron chi connectivity index (χ3n) is 6.21. The van der Waals surface area contributed by atoms with Gasteiger partial charge < -0.3 is 14.5 Å². The molecule has 1 amide bonds. The summed E-state index contributed by atoms with van der Waals surface area (Å²) in [6.07, 6.45) is 0. The minimum atomic E-state index is -0.389. The van der Waals surface area contributed by atoms with Crippen molar-refractivity contribution < 1.29 is 13.9 Å². The summed E-state index contributed by atoms with van der Waals surface area (Å²) in [5, 5.41) is 3.47. The van der Waals surface area contributed by atoms with Gasteiger partial charge in [0.25, 0.3) is 5.91 Å². The molecule has 6 heteroatoms. The highest BCUT2D eigenvalue weighted by Gasteiger charge is 2.25. The molecule has 1 aliphatic rings. The van der Waals surface area contributed by atoms with E-state index in [4.69, 9.17) is 9.15 Å². The maximum Gasteiger partial charge on any atom is 0.287 e. The van der Waals surface area contributed by atoms with Crippen LogP contribution in [0.4, 0.5) is 0 Å². The molecule has 6 nitrogen and oxygen atoms in total. The number of benzene rings is 2. The second-order valence-electron chi connectivity index (χ2n) is 9.72. The summed E-state index contributed by atoms with van der Waals surface area (Å²) in [6.45, 7) is 11.8. The van der Waals surface area contributed by atoms with Gasteiger partial charge in [0.2, 0.25) is 0 Å². The van der Waals surface area contributed by atoms with Gasteiger partial charge in [-0.15, -0.1) is 0 Å². The van der Waals surface area contributed by atoms with E-state index >= 15 is 0 Å². The van der Waals surface area contributed by atoms with Gasteiger partial charge in [-0.05, 0) is 41.2 Å². The third-order valence-corrected chi connectivity index (χ3v) is 6.21. The van der Waals surface area contributed by atoms with Gasteiger partial charge in [0, 0.05) is 25.7 Å². The van der Waals surface area contributed by atoms with Crippen LogP contribution in [0.25, 0.3) is 11.0 Å². The molecule has 0 spiro atoms. The van der Waals surface area contributed by atoms with Gasteiger partial charge in [0.15, 0.2) is 11.2 Å². The summed E-state index contributed by atoms with van der Waals surface area (Å²) in [5.74, 6) is -0.359. The second kappa shape index (κ2) is 9.49. The number of rotatable bonds is 5. The lowest BCUT2D eigenvalue weighted by Gasteiger charge is -2.35. The Labute approximate surface area is 194 Å². The first kappa shape index (κ1) is 23.2. The van der Waals surface area contributed by atoms with Crippen molar-refractivity contribution in [1.82, 2.24) is 10.2 Å². The fraction of sp³-hybridized carbons (Fsp3) is 0.407. The number of carbonyl (C=O) groups is 1. The standard InChI is InChI=1S/C27H32N2O4/c1-18-5-10-21-23(30)16-25(33-24(21)15-18)26(31)28-17-22(29-11-13-32-14-12-29)19-6-8-20(9-7-19)27(2,3)4/h5-10,15-16,22H,11-14,17H2,1-4H3,(H,28,31)/t22-/m0/s1. The molecular weight excluding hydrogens is 416 g/mol. The quantitative estimate of drug-likeness (QED) is 0.633. The van der Waals surface area contributed by atoms with E-state index in [0.29, 0.717) is 30.7 Å². The van der Waals surface area contributed by atoms with Crippen molar-refractivity contribution in [1.29, 1.82) is 0 Å². The van der Waals surface area contributed by atoms with E-state index in [1.807, 2.05) is 13.0 Å². The summed E-state index contributed by atoms with van der Waals surface area (Å²) in [5.41, 5.74) is 3.66. The highest BCUT2D eigenvalue weighted by atomic mass is 16.5. The van der Waals surface area contributed by atoms with Gasteiger partial charge in [-0.2, -0.15) is 0 Å². The molecule has 2 heterocycles. The maximum absolute atomic E-state index is 12.9. The van der Waals surface area contributed by atoms with Crippen LogP contribution < -0.4 is 10.7 Å². The molecule has 0 bridgehead atoms. The number of morpholine rings is 1. The van der Waals surface area contributed by atoms with Gasteiger partial charge in [0.05, 0.1) is 24.6 Å². The van der Waals surface area contributed by atoms with Crippen LogP contribution >= 0.6 is 0 Å². The topological polar surface area (TPSA) is 71.8 Å². The fourth-order valence-electron chi connectivity index (χ4n) is 4.20. The summed E-state index contributed by atoms with van der Waals surface area (Å²) in [4.78, 5) is 27.7. The van der Waals surface area contributed by atoms with Crippen LogP contribution in [0.2, 0.25) is 0 Å². The number of hydrogen-bond acceptors (Lipinski definition) is 5. The molecule has 1 saturated heterocycles. The molecule has 0 aliphatic carbocycles. The predicted molar refractivity (Wildman–Crippen MR) is 130 cm³/mol. The number of aryl methyl sites for hydroxylation is 1. The SMILES string of the molecule is Cc1ccc2c(=O)cc(C(=O)NC[C@@H](c3ccc(C(C)(C)C)cc3)N3CCOCC3)oc2c1. The van der Waals surface area contributed by atoms with Crippen LogP contribution in [0.3, 0.4) is 0 Å². The van der Waals surface area contributed by atoms with Crippen LogP contribution in [0.5, 0.6) is 0 Å². The number of amides is 1. The summed E-state index contributed by atoms with van der Waals surface area (Å²) < 4.78 is 11.3. The Bertz CT molecular complexity index is 1190. The number of nitrogens with zero attached hydrogens (tertiary/aromatic N) is 1. The zero-order valence-electron chi connectivity index (χ0n) is 19.8. The average molecular weight is 449 g/mol. The molecule has 1 atom stereocenters. The first-order valence-electron chi connectivity index (χ1n) is 11.5. The van der Waals surface area contributed by atoms with E-state index in [-0.39, 0.29) is 28.6 Å². The van der Waals surface area contributed by atoms with E-state index in [2.05, 4.69) is 55.3 Å². The van der Waals surface area contributed by atoms with E-state index in [9.17, 15) is 9.59 Å². The molecule has 3 aromatic rings. The van der Waals surface area contributed by atoms with Crippen molar-refractivity contribution in [2.75, 3.05) is 32.8 Å². The minimum absolute atomic E-state index is 0.00120. The normalized spacial score (nSPS) is 16.0. The lowest BCUT2D eigenvalue weighted by Crippen LogP contribution is -2.43. The molecule has 1 aliphatic heterocycles. The van der Waals surface area contributed by atoms with Crippen LogP contribution in [-0.4, -0.2) is 43.7 Å². The summed E-state index contributed by atoms with van der Waals surface area (Å²) in [6, 6.07) is 15.3. The third kappa shape index (κ3) is 5.34. The molecule has 1 N–H and O–H groups in total. The smallest absolute Gasteiger partial charge is 0.287 e. The molecule has 0 unspecified atom stereocenters. The van der Waals surface area contributed by atoms with Crippen LogP contribution in [0, 0.1) is 6.92 Å². The first-order valence-corrected chi connectivity index (χ1v) is 11.5. The van der Waals surface area contributed by atoms with E-state index in [1.165, 1.54) is 11.6 Å². The zero-order valence-corrected chi connectivity index (χ0v) is 19.8. The van der Waals surface area contributed by atoms with Crippen molar-refractivity contribution in [3.63, 3.8) is 0 Å². The van der Waals surface area contributed by atoms with E-state index in [0.717, 1.165) is 24.2 Å². The zero-order chi connectivity index (χ0) is 23.6. The Balaban J connectivity index is 1.56. The lowest BCUT2D eigenvalue weighted by molar-refractivity contribution is 0.0161. The molecule has 1 fully saturated rings. The molecule has 1 aromatic heterocycles. The largest absolute Gasteiger partial charge is 0.451 e. The Morgan fingerprint density at radius 2 is 1.76 bits per heavy atom. The Morgan fingerprint density at radius 1 is 1.06 bits per heavy atom. The molecule has 4 rings (SSSR count). The number of hydrogen-bond donors (Lipinski definition) is 1. The molecule has 0 radical (unpaired) electrons. The predicted octanol–water partition coefficient (Wildman–Crippen LogP) is 4.20. The number of fused-ring (bicyclic) bond motifs is 1. The lowest BCUT2D eigenvalue weighted by atomic mass is 9.86. The van der Waals surface area contributed by atoms with Gasteiger partial charge >= 0.3 is 0 Å². The number of ether oxygens (including phenoxy) is 1. The molecule has 0 saturated carbocycles.